The van der Waals surface area contributed by atoms with Crippen LogP contribution >= 0.6 is 11.6 Å². The summed E-state index contributed by atoms with van der Waals surface area (Å²) in [7, 11) is 0. The molecule has 0 radical (unpaired) electrons. The molecule has 1 N–H and O–H groups in total. The van der Waals surface area contributed by atoms with E-state index in [1.54, 1.807) is 0 Å². The van der Waals surface area contributed by atoms with Gasteiger partial charge in [-0.25, -0.2) is 5.01 Å². The average Bonchev–Trinajstić information content (AvgIpc) is 2.42. The number of nitrogens with zero attached hydrogens (tertiary/aromatic N) is 1. The third-order valence-electron chi connectivity index (χ3n) is 3.80. The highest BCUT2D eigenvalue weighted by molar-refractivity contribution is 6.30. The highest BCUT2D eigenvalue weighted by atomic mass is 35.5. The Morgan fingerprint density at radius 3 is 2.30 bits per heavy atom. The van der Waals surface area contributed by atoms with Crippen LogP contribution in [-0.2, 0) is 4.79 Å². The normalized spacial score (nSPS) is 18.0. The molecule has 0 saturated carbocycles. The van der Waals surface area contributed by atoms with Gasteiger partial charge in [0.15, 0.2) is 0 Å². The first-order valence-electron chi connectivity index (χ1n) is 7.39. The fraction of sp³-hybridized carbons (Fsp3) is 0.562. The molecule has 1 aliphatic rings. The molecular formula is C16H23ClN2O. The maximum Gasteiger partial charge on any atom is 0.242 e. The van der Waals surface area contributed by atoms with Crippen molar-refractivity contribution in [1.29, 1.82) is 0 Å². The van der Waals surface area contributed by atoms with E-state index < -0.39 is 0 Å². The Labute approximate surface area is 126 Å². The van der Waals surface area contributed by atoms with Gasteiger partial charge in [0.2, 0.25) is 5.91 Å². The van der Waals surface area contributed by atoms with Crippen LogP contribution in [0.15, 0.2) is 24.3 Å². The monoisotopic (exact) mass is 294 g/mol. The minimum Gasteiger partial charge on any atom is -0.288 e. The Morgan fingerprint density at radius 2 is 1.75 bits per heavy atom. The Balaban J connectivity index is 2.07. The van der Waals surface area contributed by atoms with Crippen molar-refractivity contribution in [3.63, 3.8) is 0 Å². The van der Waals surface area contributed by atoms with E-state index in [2.05, 4.69) is 24.3 Å². The van der Waals surface area contributed by atoms with Crippen molar-refractivity contribution in [3.8, 4) is 0 Å². The quantitative estimate of drug-likeness (QED) is 0.920. The van der Waals surface area contributed by atoms with Crippen molar-refractivity contribution in [2.24, 2.45) is 5.92 Å². The molecule has 1 aromatic carbocycles. The lowest BCUT2D eigenvalue weighted by atomic mass is 9.88. The first kappa shape index (κ1) is 15.3. The number of hydrogen-bond donors (Lipinski definition) is 1. The molecule has 1 saturated heterocycles. The maximum atomic E-state index is 12.6. The van der Waals surface area contributed by atoms with Crippen LogP contribution in [0.2, 0.25) is 5.02 Å². The highest BCUT2D eigenvalue weighted by Gasteiger charge is 2.26. The summed E-state index contributed by atoms with van der Waals surface area (Å²) in [4.78, 5) is 12.6. The number of amides is 1. The second-order valence-corrected chi connectivity index (χ2v) is 6.23. The standard InChI is InChI=1S/C16H23ClN2O/c1-12(2)15(13-6-8-14(17)9-7-13)16(20)18-19-10-4-3-5-11-19/h6-9,12,15H,3-5,10-11H2,1-2H3,(H,18,20)/t15-/m0/s1. The van der Waals surface area contributed by atoms with Crippen molar-refractivity contribution in [2.75, 3.05) is 13.1 Å². The van der Waals surface area contributed by atoms with Crippen LogP contribution < -0.4 is 5.43 Å². The fourth-order valence-corrected chi connectivity index (χ4v) is 2.87. The lowest BCUT2D eigenvalue weighted by molar-refractivity contribution is -0.128. The minimum atomic E-state index is -0.130. The number of carbonyl (C=O) groups is 1. The number of piperidine rings is 1. The van der Waals surface area contributed by atoms with Gasteiger partial charge in [0.25, 0.3) is 0 Å². The Kier molecular flexibility index (Phi) is 5.44. The molecule has 1 aliphatic heterocycles. The first-order chi connectivity index (χ1) is 9.58. The summed E-state index contributed by atoms with van der Waals surface area (Å²) in [5.41, 5.74) is 4.10. The van der Waals surface area contributed by atoms with E-state index in [1.165, 1.54) is 6.42 Å². The van der Waals surface area contributed by atoms with Crippen LogP contribution in [0.25, 0.3) is 0 Å². The second kappa shape index (κ2) is 7.09. The SMILES string of the molecule is CC(C)[C@H](C(=O)NN1CCCCC1)c1ccc(Cl)cc1. The maximum absolute atomic E-state index is 12.6. The zero-order chi connectivity index (χ0) is 14.5. The molecule has 1 fully saturated rings. The molecule has 4 heteroatoms. The summed E-state index contributed by atoms with van der Waals surface area (Å²) in [6.07, 6.45) is 3.58. The molecule has 3 nitrogen and oxygen atoms in total. The van der Waals surface area contributed by atoms with Gasteiger partial charge in [0.1, 0.15) is 0 Å². The van der Waals surface area contributed by atoms with Crippen LogP contribution in [0.4, 0.5) is 0 Å². The van der Waals surface area contributed by atoms with Crippen LogP contribution in [0, 0.1) is 5.92 Å². The third kappa shape index (κ3) is 3.97. The summed E-state index contributed by atoms with van der Waals surface area (Å²) in [5.74, 6) is 0.208. The van der Waals surface area contributed by atoms with E-state index in [9.17, 15) is 4.79 Å². The largest absolute Gasteiger partial charge is 0.288 e. The first-order valence-corrected chi connectivity index (χ1v) is 7.76. The van der Waals surface area contributed by atoms with E-state index in [0.29, 0.717) is 5.02 Å². The predicted octanol–water partition coefficient (Wildman–Crippen LogP) is 3.60. The number of benzene rings is 1. The molecule has 0 spiro atoms. The summed E-state index contributed by atoms with van der Waals surface area (Å²) >= 11 is 5.92. The van der Waals surface area contributed by atoms with Crippen molar-refractivity contribution in [3.05, 3.63) is 34.9 Å². The van der Waals surface area contributed by atoms with E-state index in [4.69, 9.17) is 11.6 Å². The lowest BCUT2D eigenvalue weighted by Gasteiger charge is -2.30. The van der Waals surface area contributed by atoms with Crippen LogP contribution in [0.3, 0.4) is 0 Å². The minimum absolute atomic E-state index is 0.0872. The van der Waals surface area contributed by atoms with Crippen LogP contribution in [-0.4, -0.2) is 24.0 Å². The molecule has 110 valence electrons. The third-order valence-corrected chi connectivity index (χ3v) is 4.05. The Hall–Kier alpha value is -1.06. The molecule has 0 bridgehead atoms. The lowest BCUT2D eigenvalue weighted by Crippen LogP contribution is -2.47. The summed E-state index contributed by atoms with van der Waals surface area (Å²) in [6, 6.07) is 7.59. The van der Waals surface area contributed by atoms with Crippen LogP contribution in [0.1, 0.15) is 44.6 Å². The van der Waals surface area contributed by atoms with Gasteiger partial charge >= 0.3 is 0 Å². The number of halogens is 1. The predicted molar refractivity (Wildman–Crippen MR) is 82.6 cm³/mol. The van der Waals surface area contributed by atoms with Crippen molar-refractivity contribution < 1.29 is 4.79 Å². The Bertz CT molecular complexity index is 438. The molecule has 1 aromatic rings. The van der Waals surface area contributed by atoms with E-state index >= 15 is 0 Å². The molecule has 20 heavy (non-hydrogen) atoms. The number of rotatable bonds is 4. The van der Waals surface area contributed by atoms with Gasteiger partial charge in [-0.05, 0) is 36.5 Å². The van der Waals surface area contributed by atoms with Crippen LogP contribution in [0.5, 0.6) is 0 Å². The average molecular weight is 295 g/mol. The Morgan fingerprint density at radius 1 is 1.15 bits per heavy atom. The van der Waals surface area contributed by atoms with E-state index in [-0.39, 0.29) is 17.7 Å². The molecule has 1 heterocycles. The highest BCUT2D eigenvalue weighted by Crippen LogP contribution is 2.26. The molecule has 2 rings (SSSR count). The smallest absolute Gasteiger partial charge is 0.242 e. The van der Waals surface area contributed by atoms with Gasteiger partial charge in [0, 0.05) is 18.1 Å². The van der Waals surface area contributed by atoms with Gasteiger partial charge in [-0.15, -0.1) is 0 Å². The molecular weight excluding hydrogens is 272 g/mol. The fourth-order valence-electron chi connectivity index (χ4n) is 2.74. The van der Waals surface area contributed by atoms with Crippen molar-refractivity contribution >= 4 is 17.5 Å². The van der Waals surface area contributed by atoms with Gasteiger partial charge in [-0.3, -0.25) is 10.2 Å². The molecule has 0 unspecified atom stereocenters. The summed E-state index contributed by atoms with van der Waals surface area (Å²) in [6.45, 7) is 6.07. The molecule has 1 amide bonds. The second-order valence-electron chi connectivity index (χ2n) is 5.80. The number of hydrogen-bond acceptors (Lipinski definition) is 2. The molecule has 1 atom stereocenters. The summed E-state index contributed by atoms with van der Waals surface area (Å²) in [5, 5.41) is 2.75. The van der Waals surface area contributed by atoms with Gasteiger partial charge in [-0.2, -0.15) is 0 Å². The van der Waals surface area contributed by atoms with E-state index in [1.807, 2.05) is 24.3 Å². The number of hydrazine groups is 1. The van der Waals surface area contributed by atoms with Gasteiger partial charge < -0.3 is 0 Å². The van der Waals surface area contributed by atoms with Gasteiger partial charge in [0.05, 0.1) is 5.92 Å². The van der Waals surface area contributed by atoms with Crippen molar-refractivity contribution in [2.45, 2.75) is 39.0 Å². The number of carbonyl (C=O) groups excluding carboxylic acids is 1. The van der Waals surface area contributed by atoms with Gasteiger partial charge in [-0.1, -0.05) is 44.0 Å². The molecule has 0 aromatic heterocycles. The topological polar surface area (TPSA) is 32.3 Å². The zero-order valence-electron chi connectivity index (χ0n) is 12.2. The number of nitrogens with one attached hydrogen (secondary N) is 1. The zero-order valence-corrected chi connectivity index (χ0v) is 13.0. The summed E-state index contributed by atoms with van der Waals surface area (Å²) < 4.78 is 0. The van der Waals surface area contributed by atoms with E-state index in [0.717, 1.165) is 31.5 Å². The molecule has 0 aliphatic carbocycles. The van der Waals surface area contributed by atoms with Crippen molar-refractivity contribution in [1.82, 2.24) is 10.4 Å².